The number of carbonyl (C=O) groups is 2. The van der Waals surface area contributed by atoms with Crippen molar-refractivity contribution in [2.45, 2.75) is 19.8 Å². The third kappa shape index (κ3) is 3.55. The number of carbonyl (C=O) groups excluding carboxylic acids is 1. The van der Waals surface area contributed by atoms with Gasteiger partial charge < -0.3 is 15.7 Å². The first-order chi connectivity index (χ1) is 9.31. The van der Waals surface area contributed by atoms with Crippen molar-refractivity contribution in [2.75, 3.05) is 11.9 Å². The van der Waals surface area contributed by atoms with Gasteiger partial charge in [0, 0.05) is 11.6 Å². The van der Waals surface area contributed by atoms with E-state index in [1.54, 1.807) is 0 Å². The average molecular weight is 317 g/mol. The minimum atomic E-state index is -1.21. The molecule has 108 valence electrons. The Kier molecular flexibility index (Phi) is 4.11. The molecule has 1 aliphatic rings. The van der Waals surface area contributed by atoms with Gasteiger partial charge in [-0.15, -0.1) is 0 Å². The summed E-state index contributed by atoms with van der Waals surface area (Å²) in [5.41, 5.74) is 0.0637. The average Bonchev–Trinajstić information content (AvgIpc) is 3.08. The second kappa shape index (κ2) is 5.50. The molecule has 2 amide bonds. The number of aromatic carboxylic acids is 1. The molecule has 0 heterocycles. The zero-order valence-electron chi connectivity index (χ0n) is 10.8. The second-order valence-electron chi connectivity index (χ2n) is 5.23. The van der Waals surface area contributed by atoms with Gasteiger partial charge in [-0.2, -0.15) is 0 Å². The molecule has 2 rings (SSSR count). The first-order valence-electron chi connectivity index (χ1n) is 6.08. The molecule has 0 bridgehead atoms. The molecule has 1 aromatic rings. The van der Waals surface area contributed by atoms with Crippen LogP contribution in [0.15, 0.2) is 12.1 Å². The number of carboxylic acid groups (broad SMARTS) is 1. The molecule has 0 radical (unpaired) electrons. The zero-order valence-corrected chi connectivity index (χ0v) is 12.3. The summed E-state index contributed by atoms with van der Waals surface area (Å²) in [7, 11) is 0. The van der Waals surface area contributed by atoms with Gasteiger partial charge in [-0.3, -0.25) is 0 Å². The summed E-state index contributed by atoms with van der Waals surface area (Å²) in [5.74, 6) is -1.21. The molecule has 20 heavy (non-hydrogen) atoms. The Morgan fingerprint density at radius 1 is 1.35 bits per heavy atom. The van der Waals surface area contributed by atoms with E-state index >= 15 is 0 Å². The summed E-state index contributed by atoms with van der Waals surface area (Å²) in [6, 6.07) is 2.14. The Hall–Kier alpha value is -1.46. The number of hydrogen-bond donors (Lipinski definition) is 3. The summed E-state index contributed by atoms with van der Waals surface area (Å²) < 4.78 is 0. The molecule has 7 heteroatoms. The number of nitrogens with one attached hydrogen (secondary N) is 2. The number of hydrogen-bond acceptors (Lipinski definition) is 2. The quantitative estimate of drug-likeness (QED) is 0.794. The lowest BCUT2D eigenvalue weighted by molar-refractivity contribution is 0.0698. The first-order valence-corrected chi connectivity index (χ1v) is 6.83. The van der Waals surface area contributed by atoms with Gasteiger partial charge >= 0.3 is 12.0 Å². The highest BCUT2D eigenvalue weighted by molar-refractivity contribution is 6.37. The van der Waals surface area contributed by atoms with Crippen LogP contribution in [-0.2, 0) is 0 Å². The zero-order chi connectivity index (χ0) is 14.9. The van der Waals surface area contributed by atoms with Crippen molar-refractivity contribution in [3.63, 3.8) is 0 Å². The van der Waals surface area contributed by atoms with Crippen molar-refractivity contribution in [3.8, 4) is 0 Å². The van der Waals surface area contributed by atoms with E-state index in [4.69, 9.17) is 28.3 Å². The van der Waals surface area contributed by atoms with Gasteiger partial charge in [0.1, 0.15) is 0 Å². The van der Waals surface area contributed by atoms with Gasteiger partial charge in [0.15, 0.2) is 0 Å². The van der Waals surface area contributed by atoms with Crippen LogP contribution in [0, 0.1) is 5.41 Å². The Bertz CT molecular complexity index is 571. The Labute approximate surface area is 126 Å². The lowest BCUT2D eigenvalue weighted by atomic mass is 10.1. The number of urea groups is 1. The SMILES string of the molecule is CC1(CNC(=O)Nc2c(Cl)cc(Cl)cc2C(=O)O)CC1. The fourth-order valence-electron chi connectivity index (χ4n) is 1.71. The molecular weight excluding hydrogens is 303 g/mol. The van der Waals surface area contributed by atoms with Crippen LogP contribution in [0.2, 0.25) is 10.0 Å². The normalized spacial score (nSPS) is 15.6. The molecule has 0 aromatic heterocycles. The molecule has 0 saturated heterocycles. The molecule has 1 aliphatic carbocycles. The maximum atomic E-state index is 11.8. The number of amides is 2. The molecule has 1 fully saturated rings. The fourth-order valence-corrected chi connectivity index (χ4v) is 2.25. The van der Waals surface area contributed by atoms with Crippen LogP contribution in [0.4, 0.5) is 10.5 Å². The van der Waals surface area contributed by atoms with Crippen LogP contribution in [0.25, 0.3) is 0 Å². The molecule has 0 unspecified atom stereocenters. The highest BCUT2D eigenvalue weighted by Crippen LogP contribution is 2.44. The predicted octanol–water partition coefficient (Wildman–Crippen LogP) is 3.61. The predicted molar refractivity (Wildman–Crippen MR) is 77.8 cm³/mol. The molecular formula is C13H14Cl2N2O3. The number of carboxylic acids is 1. The van der Waals surface area contributed by atoms with Gasteiger partial charge in [-0.05, 0) is 30.4 Å². The summed E-state index contributed by atoms with van der Waals surface area (Å²) in [6.07, 6.45) is 2.16. The Morgan fingerprint density at radius 2 is 2.00 bits per heavy atom. The number of rotatable bonds is 4. The van der Waals surface area contributed by atoms with E-state index in [1.165, 1.54) is 12.1 Å². The molecule has 0 spiro atoms. The highest BCUT2D eigenvalue weighted by atomic mass is 35.5. The fraction of sp³-hybridized carbons (Fsp3) is 0.385. The van der Waals surface area contributed by atoms with Gasteiger partial charge in [-0.1, -0.05) is 30.1 Å². The van der Waals surface area contributed by atoms with Crippen molar-refractivity contribution in [1.29, 1.82) is 0 Å². The van der Waals surface area contributed by atoms with Crippen LogP contribution >= 0.6 is 23.2 Å². The third-order valence-electron chi connectivity index (χ3n) is 3.30. The van der Waals surface area contributed by atoms with Crippen LogP contribution in [0.1, 0.15) is 30.1 Å². The molecule has 1 saturated carbocycles. The van der Waals surface area contributed by atoms with Crippen molar-refractivity contribution < 1.29 is 14.7 Å². The van der Waals surface area contributed by atoms with Crippen LogP contribution in [-0.4, -0.2) is 23.7 Å². The maximum Gasteiger partial charge on any atom is 0.337 e. The van der Waals surface area contributed by atoms with E-state index in [2.05, 4.69) is 17.6 Å². The van der Waals surface area contributed by atoms with E-state index in [0.717, 1.165) is 12.8 Å². The van der Waals surface area contributed by atoms with Crippen molar-refractivity contribution in [2.24, 2.45) is 5.41 Å². The maximum absolute atomic E-state index is 11.8. The number of benzene rings is 1. The van der Waals surface area contributed by atoms with Gasteiger partial charge in [-0.25, -0.2) is 9.59 Å². The minimum Gasteiger partial charge on any atom is -0.478 e. The number of halogens is 2. The standard InChI is InChI=1S/C13H14Cl2N2O3/c1-13(2-3-13)6-16-12(20)17-10-8(11(18)19)4-7(14)5-9(10)15/h4-5H,2-3,6H2,1H3,(H,18,19)(H2,16,17,20). The summed E-state index contributed by atoms with van der Waals surface area (Å²) in [6.45, 7) is 2.62. The third-order valence-corrected chi connectivity index (χ3v) is 3.82. The molecule has 0 atom stereocenters. The highest BCUT2D eigenvalue weighted by Gasteiger charge is 2.37. The monoisotopic (exact) mass is 316 g/mol. The van der Waals surface area contributed by atoms with Gasteiger partial charge in [0.25, 0.3) is 0 Å². The summed E-state index contributed by atoms with van der Waals surface area (Å²) in [5, 5.41) is 14.6. The largest absolute Gasteiger partial charge is 0.478 e. The topological polar surface area (TPSA) is 78.4 Å². The molecule has 0 aliphatic heterocycles. The molecule has 5 nitrogen and oxygen atoms in total. The van der Waals surface area contributed by atoms with E-state index in [-0.39, 0.29) is 26.7 Å². The smallest absolute Gasteiger partial charge is 0.337 e. The van der Waals surface area contributed by atoms with E-state index < -0.39 is 12.0 Å². The Morgan fingerprint density at radius 3 is 2.55 bits per heavy atom. The van der Waals surface area contributed by atoms with Crippen molar-refractivity contribution in [3.05, 3.63) is 27.7 Å². The van der Waals surface area contributed by atoms with Gasteiger partial charge in [0.2, 0.25) is 0 Å². The molecule has 1 aromatic carbocycles. The second-order valence-corrected chi connectivity index (χ2v) is 6.08. The van der Waals surface area contributed by atoms with Crippen molar-refractivity contribution in [1.82, 2.24) is 5.32 Å². The van der Waals surface area contributed by atoms with Crippen LogP contribution < -0.4 is 10.6 Å². The van der Waals surface area contributed by atoms with E-state index in [0.29, 0.717) is 6.54 Å². The summed E-state index contributed by atoms with van der Waals surface area (Å²) in [4.78, 5) is 22.9. The lowest BCUT2D eigenvalue weighted by Crippen LogP contribution is -2.33. The Balaban J connectivity index is 2.11. The van der Waals surface area contributed by atoms with Crippen LogP contribution in [0.5, 0.6) is 0 Å². The summed E-state index contributed by atoms with van der Waals surface area (Å²) >= 11 is 11.7. The van der Waals surface area contributed by atoms with E-state index in [9.17, 15) is 9.59 Å². The lowest BCUT2D eigenvalue weighted by Gasteiger charge is -2.14. The number of anilines is 1. The van der Waals surface area contributed by atoms with Crippen LogP contribution in [0.3, 0.4) is 0 Å². The van der Waals surface area contributed by atoms with Crippen molar-refractivity contribution >= 4 is 40.9 Å². The van der Waals surface area contributed by atoms with Gasteiger partial charge in [0.05, 0.1) is 16.3 Å². The minimum absolute atomic E-state index is 0.0435. The first kappa shape index (κ1) is 14.9. The van der Waals surface area contributed by atoms with E-state index in [1.807, 2.05) is 0 Å². The molecule has 3 N–H and O–H groups in total.